The van der Waals surface area contributed by atoms with Crippen molar-refractivity contribution in [3.05, 3.63) is 35.5 Å². The van der Waals surface area contributed by atoms with E-state index < -0.39 is 0 Å². The Morgan fingerprint density at radius 3 is 3.00 bits per heavy atom. The number of nitrogens with one attached hydrogen (secondary N) is 1. The summed E-state index contributed by atoms with van der Waals surface area (Å²) in [6, 6.07) is 3.69. The molecule has 2 aromatic heterocycles. The first-order valence-electron chi connectivity index (χ1n) is 4.94. The molecule has 0 aliphatic rings. The third-order valence-corrected chi connectivity index (χ3v) is 2.45. The molecule has 0 saturated carbocycles. The zero-order chi connectivity index (χ0) is 11.4. The van der Waals surface area contributed by atoms with Crippen LogP contribution in [0.3, 0.4) is 0 Å². The van der Waals surface area contributed by atoms with Gasteiger partial charge in [0, 0.05) is 38.0 Å². The van der Waals surface area contributed by atoms with E-state index in [1.807, 2.05) is 17.8 Å². The van der Waals surface area contributed by atoms with Crippen molar-refractivity contribution in [3.8, 4) is 0 Å². The molecule has 5 nitrogen and oxygen atoms in total. The number of hydrogen-bond donors (Lipinski definition) is 1. The van der Waals surface area contributed by atoms with Crippen LogP contribution in [0.4, 0.5) is 5.82 Å². The zero-order valence-electron chi connectivity index (χ0n) is 8.89. The average Bonchev–Trinajstić information content (AvgIpc) is 2.65. The molecule has 0 radical (unpaired) electrons. The number of aryl methyl sites for hydroxylation is 1. The van der Waals surface area contributed by atoms with Gasteiger partial charge >= 0.3 is 0 Å². The van der Waals surface area contributed by atoms with E-state index in [9.17, 15) is 0 Å². The largest absolute Gasteiger partial charge is 0.370 e. The van der Waals surface area contributed by atoms with E-state index >= 15 is 0 Å². The molecule has 0 aliphatic carbocycles. The van der Waals surface area contributed by atoms with Crippen LogP contribution in [0.15, 0.2) is 24.7 Å². The number of rotatable bonds is 4. The molecule has 16 heavy (non-hydrogen) atoms. The van der Waals surface area contributed by atoms with Crippen molar-refractivity contribution in [2.24, 2.45) is 7.05 Å². The van der Waals surface area contributed by atoms with Gasteiger partial charge in [-0.05, 0) is 6.07 Å². The first kappa shape index (κ1) is 10.9. The van der Waals surface area contributed by atoms with Crippen LogP contribution in [-0.4, -0.2) is 26.3 Å². The van der Waals surface area contributed by atoms with Gasteiger partial charge in [0.15, 0.2) is 0 Å². The molecule has 0 fully saturated rings. The Balaban J connectivity index is 1.87. The third-order valence-electron chi connectivity index (χ3n) is 2.24. The summed E-state index contributed by atoms with van der Waals surface area (Å²) in [5.41, 5.74) is 1.17. The summed E-state index contributed by atoms with van der Waals surface area (Å²) in [7, 11) is 1.93. The van der Waals surface area contributed by atoms with Crippen molar-refractivity contribution in [3.63, 3.8) is 0 Å². The maximum absolute atomic E-state index is 5.74. The first-order chi connectivity index (χ1) is 7.75. The molecule has 6 heteroatoms. The van der Waals surface area contributed by atoms with Crippen molar-refractivity contribution in [1.82, 2.24) is 19.7 Å². The smallest absolute Gasteiger partial charge is 0.134 e. The molecular weight excluding hydrogens is 226 g/mol. The maximum Gasteiger partial charge on any atom is 0.134 e. The first-order valence-corrected chi connectivity index (χ1v) is 5.32. The zero-order valence-corrected chi connectivity index (χ0v) is 9.65. The Kier molecular flexibility index (Phi) is 3.36. The minimum Gasteiger partial charge on any atom is -0.370 e. The van der Waals surface area contributed by atoms with Crippen LogP contribution in [0.2, 0.25) is 5.15 Å². The van der Waals surface area contributed by atoms with Crippen molar-refractivity contribution in [2.75, 3.05) is 11.9 Å². The Labute approximate surface area is 98.5 Å². The van der Waals surface area contributed by atoms with E-state index in [0.29, 0.717) is 5.15 Å². The molecule has 2 aromatic rings. The van der Waals surface area contributed by atoms with Crippen LogP contribution < -0.4 is 5.32 Å². The molecule has 0 amide bonds. The lowest BCUT2D eigenvalue weighted by atomic mass is 10.3. The highest BCUT2D eigenvalue weighted by molar-refractivity contribution is 6.29. The summed E-state index contributed by atoms with van der Waals surface area (Å²) < 4.78 is 1.86. The van der Waals surface area contributed by atoms with Crippen molar-refractivity contribution in [2.45, 2.75) is 6.42 Å². The van der Waals surface area contributed by atoms with Crippen LogP contribution in [-0.2, 0) is 13.5 Å². The van der Waals surface area contributed by atoms with E-state index in [4.69, 9.17) is 11.6 Å². The second-order valence-electron chi connectivity index (χ2n) is 3.35. The minimum atomic E-state index is 0.443. The van der Waals surface area contributed by atoms with Gasteiger partial charge in [0.05, 0.1) is 0 Å². The summed E-state index contributed by atoms with van der Waals surface area (Å²) in [4.78, 5) is 7.86. The highest BCUT2D eigenvalue weighted by Gasteiger charge is 1.99. The molecule has 0 unspecified atom stereocenters. The van der Waals surface area contributed by atoms with Gasteiger partial charge in [-0.15, -0.1) is 0 Å². The number of hydrogen-bond acceptors (Lipinski definition) is 4. The molecule has 2 heterocycles. The molecule has 0 atom stereocenters. The highest BCUT2D eigenvalue weighted by atomic mass is 35.5. The fraction of sp³-hybridized carbons (Fsp3) is 0.300. The molecule has 2 rings (SSSR count). The van der Waals surface area contributed by atoms with Crippen molar-refractivity contribution in [1.29, 1.82) is 0 Å². The van der Waals surface area contributed by atoms with Gasteiger partial charge < -0.3 is 5.32 Å². The lowest BCUT2D eigenvalue weighted by Crippen LogP contribution is -2.09. The highest BCUT2D eigenvalue weighted by Crippen LogP contribution is 2.08. The molecule has 0 aromatic carbocycles. The van der Waals surface area contributed by atoms with Crippen LogP contribution >= 0.6 is 11.6 Å². The molecular formula is C10H12ClN5. The van der Waals surface area contributed by atoms with Crippen LogP contribution in [0.5, 0.6) is 0 Å². The number of aromatic nitrogens is 4. The summed E-state index contributed by atoms with van der Waals surface area (Å²) in [6.45, 7) is 0.785. The Hall–Kier alpha value is -1.62. The Morgan fingerprint density at radius 2 is 2.31 bits per heavy atom. The Bertz CT molecular complexity index is 468. The predicted molar refractivity (Wildman–Crippen MR) is 62.4 cm³/mol. The quantitative estimate of drug-likeness (QED) is 0.820. The SMILES string of the molecule is Cn1nccc1CCNc1cc(Cl)ncn1. The van der Waals surface area contributed by atoms with E-state index in [0.717, 1.165) is 18.8 Å². The van der Waals surface area contributed by atoms with E-state index in [2.05, 4.69) is 20.4 Å². The molecule has 0 aliphatic heterocycles. The second-order valence-corrected chi connectivity index (χ2v) is 3.74. The second kappa shape index (κ2) is 4.94. The van der Waals surface area contributed by atoms with Gasteiger partial charge in [0.1, 0.15) is 17.3 Å². The van der Waals surface area contributed by atoms with Crippen LogP contribution in [0.25, 0.3) is 0 Å². The predicted octanol–water partition coefficient (Wildman–Crippen LogP) is 1.52. The summed E-state index contributed by atoms with van der Waals surface area (Å²) >= 11 is 5.74. The fourth-order valence-corrected chi connectivity index (χ4v) is 1.54. The summed E-state index contributed by atoms with van der Waals surface area (Å²) in [6.07, 6.45) is 4.11. The normalized spacial score (nSPS) is 10.4. The average molecular weight is 238 g/mol. The Morgan fingerprint density at radius 1 is 1.44 bits per heavy atom. The molecule has 84 valence electrons. The molecule has 1 N–H and O–H groups in total. The van der Waals surface area contributed by atoms with E-state index in [-0.39, 0.29) is 0 Å². The van der Waals surface area contributed by atoms with Gasteiger partial charge in [-0.2, -0.15) is 5.10 Å². The number of halogens is 1. The lowest BCUT2D eigenvalue weighted by molar-refractivity contribution is 0.711. The monoisotopic (exact) mass is 237 g/mol. The van der Waals surface area contributed by atoms with Gasteiger partial charge in [0.2, 0.25) is 0 Å². The van der Waals surface area contributed by atoms with E-state index in [1.54, 1.807) is 12.3 Å². The molecule has 0 saturated heterocycles. The van der Waals surface area contributed by atoms with Crippen LogP contribution in [0, 0.1) is 0 Å². The van der Waals surface area contributed by atoms with Crippen molar-refractivity contribution < 1.29 is 0 Å². The number of nitrogens with zero attached hydrogens (tertiary/aromatic N) is 4. The topological polar surface area (TPSA) is 55.6 Å². The van der Waals surface area contributed by atoms with E-state index in [1.165, 1.54) is 12.0 Å². The lowest BCUT2D eigenvalue weighted by Gasteiger charge is -2.05. The van der Waals surface area contributed by atoms with Crippen LogP contribution in [0.1, 0.15) is 5.69 Å². The summed E-state index contributed by atoms with van der Waals surface area (Å²) in [5.74, 6) is 0.738. The maximum atomic E-state index is 5.74. The van der Waals surface area contributed by atoms with Gasteiger partial charge in [0.25, 0.3) is 0 Å². The van der Waals surface area contributed by atoms with Gasteiger partial charge in [-0.3, -0.25) is 4.68 Å². The minimum absolute atomic E-state index is 0.443. The standard InChI is InChI=1S/C10H12ClN5/c1-16-8(3-5-15-16)2-4-12-10-6-9(11)13-7-14-10/h3,5-7H,2,4H2,1H3,(H,12,13,14). The molecule has 0 spiro atoms. The van der Waals surface area contributed by atoms with Crippen molar-refractivity contribution >= 4 is 17.4 Å². The number of anilines is 1. The van der Waals surface area contributed by atoms with Gasteiger partial charge in [-0.1, -0.05) is 11.6 Å². The van der Waals surface area contributed by atoms with Gasteiger partial charge in [-0.25, -0.2) is 9.97 Å². The summed E-state index contributed by atoms with van der Waals surface area (Å²) in [5, 5.41) is 7.72. The third kappa shape index (κ3) is 2.70. The molecule has 0 bridgehead atoms. The fourth-order valence-electron chi connectivity index (χ4n) is 1.40.